The standard InChI is InChI=1S/C16H37OSi2/c1-13(2)19(14(3)4,15(5)6)17-12-11-16(7,8)18(9)10/h13-15H,11-12H2,1-10H3. The van der Waals surface area contributed by atoms with Gasteiger partial charge in [-0.25, -0.2) is 0 Å². The zero-order valence-corrected chi connectivity index (χ0v) is 17.1. The lowest BCUT2D eigenvalue weighted by atomic mass is 10.1. The Morgan fingerprint density at radius 3 is 1.53 bits per heavy atom. The lowest BCUT2D eigenvalue weighted by Gasteiger charge is -2.43. The first-order valence-electron chi connectivity index (χ1n) is 7.93. The zero-order chi connectivity index (χ0) is 15.4. The quantitative estimate of drug-likeness (QED) is 0.492. The Morgan fingerprint density at radius 1 is 0.895 bits per heavy atom. The van der Waals surface area contributed by atoms with Crippen molar-refractivity contribution in [1.29, 1.82) is 0 Å². The summed E-state index contributed by atoms with van der Waals surface area (Å²) in [7, 11) is -1.90. The van der Waals surface area contributed by atoms with Gasteiger partial charge in [0.25, 0.3) is 0 Å². The monoisotopic (exact) mass is 301 g/mol. The molecular formula is C16H37OSi2. The molecule has 3 heteroatoms. The molecule has 115 valence electrons. The van der Waals surface area contributed by atoms with Crippen molar-refractivity contribution in [1.82, 2.24) is 0 Å². The van der Waals surface area contributed by atoms with Gasteiger partial charge in [0.2, 0.25) is 0 Å². The highest BCUT2D eigenvalue weighted by molar-refractivity contribution is 6.77. The maximum absolute atomic E-state index is 6.66. The van der Waals surface area contributed by atoms with Gasteiger partial charge in [0.05, 0.1) is 0 Å². The predicted molar refractivity (Wildman–Crippen MR) is 93.1 cm³/mol. The lowest BCUT2D eigenvalue weighted by molar-refractivity contribution is 0.258. The molecule has 0 bridgehead atoms. The molecular weight excluding hydrogens is 264 g/mol. The minimum absolute atomic E-state index is 0.253. The minimum Gasteiger partial charge on any atom is -0.416 e. The zero-order valence-electron chi connectivity index (χ0n) is 15.1. The van der Waals surface area contributed by atoms with Gasteiger partial charge in [-0.3, -0.25) is 0 Å². The van der Waals surface area contributed by atoms with Crippen LogP contribution in [0.3, 0.4) is 0 Å². The van der Waals surface area contributed by atoms with E-state index in [1.807, 2.05) is 0 Å². The van der Waals surface area contributed by atoms with E-state index in [1.165, 1.54) is 6.42 Å². The van der Waals surface area contributed by atoms with Gasteiger partial charge in [0.15, 0.2) is 8.32 Å². The van der Waals surface area contributed by atoms with E-state index >= 15 is 0 Å². The highest BCUT2D eigenvalue weighted by atomic mass is 28.4. The molecule has 0 aliphatic carbocycles. The van der Waals surface area contributed by atoms with Crippen molar-refractivity contribution in [3.8, 4) is 0 Å². The second kappa shape index (κ2) is 7.42. The number of hydrogen-bond acceptors (Lipinski definition) is 1. The maximum Gasteiger partial charge on any atom is 0.200 e. The normalized spacial score (nSPS) is 14.2. The number of hydrogen-bond donors (Lipinski definition) is 0. The molecule has 19 heavy (non-hydrogen) atoms. The molecule has 0 aliphatic heterocycles. The van der Waals surface area contributed by atoms with E-state index in [9.17, 15) is 0 Å². The van der Waals surface area contributed by atoms with Crippen LogP contribution in [-0.2, 0) is 4.43 Å². The third kappa shape index (κ3) is 4.71. The molecule has 0 saturated carbocycles. The first-order valence-corrected chi connectivity index (χ1v) is 12.6. The van der Waals surface area contributed by atoms with Gasteiger partial charge < -0.3 is 4.43 Å². The maximum atomic E-state index is 6.66. The van der Waals surface area contributed by atoms with E-state index in [0.717, 1.165) is 6.61 Å². The minimum atomic E-state index is -1.65. The molecule has 0 N–H and O–H groups in total. The second-order valence-electron chi connectivity index (χ2n) is 7.80. The molecule has 0 aliphatic rings. The SMILES string of the molecule is CC(C)[Si](OCCC(C)(C)[Si](C)C)(C(C)C)C(C)C. The van der Waals surface area contributed by atoms with E-state index < -0.39 is 8.32 Å². The smallest absolute Gasteiger partial charge is 0.200 e. The molecule has 0 rings (SSSR count). The average Bonchev–Trinajstić information content (AvgIpc) is 2.22. The number of rotatable bonds is 8. The van der Waals surface area contributed by atoms with Crippen LogP contribution in [0.5, 0.6) is 0 Å². The van der Waals surface area contributed by atoms with Crippen molar-refractivity contribution < 1.29 is 4.43 Å². The van der Waals surface area contributed by atoms with E-state index in [2.05, 4.69) is 68.5 Å². The summed E-state index contributed by atoms with van der Waals surface area (Å²) in [5, 5.41) is 0.482. The molecule has 0 saturated heterocycles. The summed E-state index contributed by atoms with van der Waals surface area (Å²) >= 11 is 0. The van der Waals surface area contributed by atoms with Crippen LogP contribution >= 0.6 is 0 Å². The Hall–Kier alpha value is 0.394. The molecule has 0 atom stereocenters. The van der Waals surface area contributed by atoms with Gasteiger partial charge in [0.1, 0.15) is 0 Å². The van der Waals surface area contributed by atoms with Crippen LogP contribution in [0.1, 0.15) is 61.8 Å². The van der Waals surface area contributed by atoms with Gasteiger partial charge >= 0.3 is 0 Å². The average molecular weight is 302 g/mol. The molecule has 0 amide bonds. The molecule has 0 aromatic carbocycles. The summed E-state index contributed by atoms with van der Waals surface area (Å²) in [6.45, 7) is 24.8. The van der Waals surface area contributed by atoms with Crippen molar-refractivity contribution in [3.05, 3.63) is 0 Å². The third-order valence-electron chi connectivity index (χ3n) is 5.14. The Kier molecular flexibility index (Phi) is 7.57. The van der Waals surface area contributed by atoms with Crippen LogP contribution in [0.2, 0.25) is 34.8 Å². The van der Waals surface area contributed by atoms with Crippen molar-refractivity contribution in [2.75, 3.05) is 6.61 Å². The van der Waals surface area contributed by atoms with Gasteiger partial charge in [-0.1, -0.05) is 68.5 Å². The van der Waals surface area contributed by atoms with Crippen molar-refractivity contribution in [2.24, 2.45) is 0 Å². The fourth-order valence-electron chi connectivity index (χ4n) is 3.23. The Labute approximate surface area is 125 Å². The molecule has 0 aromatic heterocycles. The summed E-state index contributed by atoms with van der Waals surface area (Å²) in [5.74, 6) is 0. The van der Waals surface area contributed by atoms with Crippen molar-refractivity contribution in [2.45, 2.75) is 96.6 Å². The van der Waals surface area contributed by atoms with Gasteiger partial charge in [0, 0.05) is 15.4 Å². The topological polar surface area (TPSA) is 9.23 Å². The summed E-state index contributed by atoms with van der Waals surface area (Å²) in [4.78, 5) is 0. The Morgan fingerprint density at radius 2 is 1.26 bits per heavy atom. The highest BCUT2D eigenvalue weighted by Gasteiger charge is 2.45. The summed E-state index contributed by atoms with van der Waals surface area (Å²) in [6, 6.07) is 0. The fourth-order valence-corrected chi connectivity index (χ4v) is 9.29. The van der Waals surface area contributed by atoms with E-state index in [4.69, 9.17) is 4.43 Å². The van der Waals surface area contributed by atoms with Crippen LogP contribution in [0, 0.1) is 0 Å². The summed E-state index contributed by atoms with van der Waals surface area (Å²) < 4.78 is 6.66. The van der Waals surface area contributed by atoms with E-state index in [1.54, 1.807) is 0 Å². The molecule has 0 aromatic rings. The van der Waals surface area contributed by atoms with Gasteiger partial charge in [-0.2, -0.15) is 0 Å². The van der Waals surface area contributed by atoms with Crippen LogP contribution in [0.25, 0.3) is 0 Å². The molecule has 0 unspecified atom stereocenters. The molecule has 1 nitrogen and oxygen atoms in total. The van der Waals surface area contributed by atoms with Crippen LogP contribution < -0.4 is 0 Å². The molecule has 0 spiro atoms. The van der Waals surface area contributed by atoms with Gasteiger partial charge in [-0.05, 0) is 28.1 Å². The van der Waals surface area contributed by atoms with Crippen LogP contribution in [0.4, 0.5) is 0 Å². The highest BCUT2D eigenvalue weighted by Crippen LogP contribution is 2.43. The third-order valence-corrected chi connectivity index (χ3v) is 14.2. The first-order chi connectivity index (χ1) is 8.48. The van der Waals surface area contributed by atoms with E-state index in [0.29, 0.717) is 21.7 Å². The lowest BCUT2D eigenvalue weighted by Crippen LogP contribution is -2.48. The van der Waals surface area contributed by atoms with Gasteiger partial charge in [-0.15, -0.1) is 0 Å². The Bertz CT molecular complexity index is 236. The molecule has 0 heterocycles. The van der Waals surface area contributed by atoms with Crippen molar-refractivity contribution in [3.63, 3.8) is 0 Å². The first kappa shape index (κ1) is 19.4. The van der Waals surface area contributed by atoms with Crippen LogP contribution in [-0.4, -0.2) is 23.7 Å². The largest absolute Gasteiger partial charge is 0.416 e. The van der Waals surface area contributed by atoms with E-state index in [-0.39, 0.29) is 8.80 Å². The Balaban J connectivity index is 4.79. The predicted octanol–water partition coefficient (Wildman–Crippen LogP) is 6.10. The summed E-state index contributed by atoms with van der Waals surface area (Å²) in [5.41, 5.74) is 2.09. The van der Waals surface area contributed by atoms with Crippen LogP contribution in [0.15, 0.2) is 0 Å². The molecule has 1 radical (unpaired) electrons. The van der Waals surface area contributed by atoms with Crippen molar-refractivity contribution >= 4 is 17.1 Å². The fraction of sp³-hybridized carbons (Fsp3) is 1.00. The molecule has 0 fully saturated rings. The second-order valence-corrected chi connectivity index (χ2v) is 16.6. The summed E-state index contributed by atoms with van der Waals surface area (Å²) in [6.07, 6.45) is 1.22.